The summed E-state index contributed by atoms with van der Waals surface area (Å²) in [7, 11) is 1.93. The van der Waals surface area contributed by atoms with E-state index < -0.39 is 0 Å². The van der Waals surface area contributed by atoms with Crippen LogP contribution in [-0.4, -0.2) is 19.3 Å². The average Bonchev–Trinajstić information content (AvgIpc) is 2.91. The lowest BCUT2D eigenvalue weighted by atomic mass is 10.2. The molecule has 6 heteroatoms. The van der Waals surface area contributed by atoms with Crippen molar-refractivity contribution >= 4 is 28.6 Å². The Kier molecular flexibility index (Phi) is 3.14. The molecule has 0 aliphatic carbocycles. The molecule has 0 spiro atoms. The van der Waals surface area contributed by atoms with Crippen LogP contribution < -0.4 is 5.73 Å². The number of imidazole rings is 1. The van der Waals surface area contributed by atoms with Crippen molar-refractivity contribution in [1.29, 1.82) is 0 Å². The number of nitrogens with zero attached hydrogens (tertiary/aromatic N) is 4. The van der Waals surface area contributed by atoms with Gasteiger partial charge in [0.15, 0.2) is 0 Å². The molecule has 0 amide bonds. The highest BCUT2D eigenvalue weighted by Crippen LogP contribution is 2.23. The predicted molar refractivity (Wildman–Crippen MR) is 80.8 cm³/mol. The molecule has 3 rings (SSSR count). The lowest BCUT2D eigenvalue weighted by Gasteiger charge is -2.06. The molecule has 2 heterocycles. The second-order valence-electron chi connectivity index (χ2n) is 4.82. The lowest BCUT2D eigenvalue weighted by molar-refractivity contribution is 0.746. The number of hydrogen-bond acceptors (Lipinski definition) is 3. The van der Waals surface area contributed by atoms with Crippen molar-refractivity contribution in [2.45, 2.75) is 19.9 Å². The second-order valence-corrected chi connectivity index (χ2v) is 5.25. The van der Waals surface area contributed by atoms with Gasteiger partial charge in [-0.05, 0) is 24.6 Å². The molecule has 1 aromatic carbocycles. The number of anilines is 1. The molecule has 2 N–H and O–H groups in total. The molecule has 5 nitrogen and oxygen atoms in total. The van der Waals surface area contributed by atoms with Crippen molar-refractivity contribution in [3.05, 3.63) is 40.7 Å². The Balaban J connectivity index is 2.10. The van der Waals surface area contributed by atoms with E-state index in [1.807, 2.05) is 40.7 Å². The topological polar surface area (TPSA) is 61.7 Å². The number of nitrogen functional groups attached to an aromatic ring is 1. The monoisotopic (exact) mass is 289 g/mol. The third-order valence-electron chi connectivity index (χ3n) is 3.39. The maximum absolute atomic E-state index is 6.07. The van der Waals surface area contributed by atoms with Crippen LogP contribution in [0.4, 0.5) is 5.95 Å². The van der Waals surface area contributed by atoms with E-state index in [4.69, 9.17) is 17.3 Å². The van der Waals surface area contributed by atoms with E-state index in [0.29, 0.717) is 17.5 Å². The van der Waals surface area contributed by atoms with Crippen LogP contribution in [0.3, 0.4) is 0 Å². The van der Waals surface area contributed by atoms with Gasteiger partial charge in [0.25, 0.3) is 0 Å². The third kappa shape index (κ3) is 2.14. The Labute approximate surface area is 122 Å². The molecule has 0 radical (unpaired) electrons. The number of fused-ring (bicyclic) bond motifs is 1. The smallest absolute Gasteiger partial charge is 0.201 e. The fourth-order valence-corrected chi connectivity index (χ4v) is 2.63. The van der Waals surface area contributed by atoms with Crippen LogP contribution in [0.15, 0.2) is 24.4 Å². The van der Waals surface area contributed by atoms with Gasteiger partial charge in [-0.3, -0.25) is 4.68 Å². The van der Waals surface area contributed by atoms with Gasteiger partial charge < -0.3 is 10.3 Å². The fraction of sp³-hybridized carbons (Fsp3) is 0.286. The summed E-state index contributed by atoms with van der Waals surface area (Å²) in [6.07, 6.45) is 2.91. The third-order valence-corrected chi connectivity index (χ3v) is 3.63. The van der Waals surface area contributed by atoms with Gasteiger partial charge in [0.2, 0.25) is 5.95 Å². The summed E-state index contributed by atoms with van der Waals surface area (Å²) in [5, 5.41) is 5.13. The Morgan fingerprint density at radius 2 is 2.15 bits per heavy atom. The first-order valence-electron chi connectivity index (χ1n) is 6.51. The van der Waals surface area contributed by atoms with Crippen molar-refractivity contribution in [1.82, 2.24) is 19.3 Å². The first kappa shape index (κ1) is 13.0. The van der Waals surface area contributed by atoms with E-state index in [0.717, 1.165) is 28.7 Å². The van der Waals surface area contributed by atoms with E-state index in [1.54, 1.807) is 0 Å². The zero-order valence-corrected chi connectivity index (χ0v) is 12.2. The zero-order chi connectivity index (χ0) is 14.3. The number of halogens is 1. The molecule has 3 aromatic rings. The van der Waals surface area contributed by atoms with Gasteiger partial charge in [0, 0.05) is 23.8 Å². The maximum atomic E-state index is 6.07. The van der Waals surface area contributed by atoms with Crippen LogP contribution in [-0.2, 0) is 20.0 Å². The Bertz CT molecular complexity index is 771. The summed E-state index contributed by atoms with van der Waals surface area (Å²) >= 11 is 6.07. The summed E-state index contributed by atoms with van der Waals surface area (Å²) in [6.45, 7) is 2.75. The van der Waals surface area contributed by atoms with Gasteiger partial charge in [0.05, 0.1) is 23.3 Å². The highest BCUT2D eigenvalue weighted by atomic mass is 35.5. The number of aryl methyl sites for hydroxylation is 2. The molecule has 0 aliphatic rings. The second kappa shape index (κ2) is 4.83. The molecule has 0 aliphatic heterocycles. The van der Waals surface area contributed by atoms with Gasteiger partial charge >= 0.3 is 0 Å². The van der Waals surface area contributed by atoms with E-state index in [2.05, 4.69) is 17.0 Å². The number of nitrogens with two attached hydrogens (primary N) is 1. The quantitative estimate of drug-likeness (QED) is 0.806. The van der Waals surface area contributed by atoms with E-state index in [-0.39, 0.29) is 0 Å². The summed E-state index contributed by atoms with van der Waals surface area (Å²) in [6, 6.07) is 5.60. The minimum Gasteiger partial charge on any atom is -0.369 e. The Morgan fingerprint density at radius 3 is 2.90 bits per heavy atom. The lowest BCUT2D eigenvalue weighted by Crippen LogP contribution is -2.05. The minimum atomic E-state index is 0.494. The van der Waals surface area contributed by atoms with Gasteiger partial charge in [-0.15, -0.1) is 0 Å². The number of rotatable bonds is 3. The van der Waals surface area contributed by atoms with Gasteiger partial charge in [-0.25, -0.2) is 4.98 Å². The van der Waals surface area contributed by atoms with Crippen LogP contribution >= 0.6 is 11.6 Å². The number of aromatic nitrogens is 4. The van der Waals surface area contributed by atoms with Crippen LogP contribution in [0.2, 0.25) is 5.02 Å². The largest absolute Gasteiger partial charge is 0.369 e. The van der Waals surface area contributed by atoms with Crippen LogP contribution in [0, 0.1) is 0 Å². The normalized spacial score (nSPS) is 11.3. The SMILES string of the molecule is CCc1nn(C)cc1Cn1c(N)nc2ccc(Cl)cc21. The first-order chi connectivity index (χ1) is 9.58. The summed E-state index contributed by atoms with van der Waals surface area (Å²) in [5.74, 6) is 0.494. The van der Waals surface area contributed by atoms with E-state index >= 15 is 0 Å². The van der Waals surface area contributed by atoms with Gasteiger partial charge in [-0.2, -0.15) is 5.10 Å². The minimum absolute atomic E-state index is 0.494. The van der Waals surface area contributed by atoms with Crippen LogP contribution in [0.1, 0.15) is 18.2 Å². The molecule has 0 saturated carbocycles. The zero-order valence-electron chi connectivity index (χ0n) is 11.5. The molecular weight excluding hydrogens is 274 g/mol. The number of benzene rings is 1. The molecule has 0 bridgehead atoms. The number of hydrogen-bond donors (Lipinski definition) is 1. The highest BCUT2D eigenvalue weighted by Gasteiger charge is 2.12. The maximum Gasteiger partial charge on any atom is 0.201 e. The summed E-state index contributed by atoms with van der Waals surface area (Å²) < 4.78 is 3.80. The highest BCUT2D eigenvalue weighted by molar-refractivity contribution is 6.31. The van der Waals surface area contributed by atoms with Crippen LogP contribution in [0.25, 0.3) is 11.0 Å². The standard InChI is InChI=1S/C14H16ClN5/c1-3-11-9(7-19(2)18-11)8-20-13-6-10(15)4-5-12(13)17-14(20)16/h4-7H,3,8H2,1-2H3,(H2,16,17). The van der Waals surface area contributed by atoms with Gasteiger partial charge in [-0.1, -0.05) is 18.5 Å². The van der Waals surface area contributed by atoms with Crippen molar-refractivity contribution in [2.75, 3.05) is 5.73 Å². The van der Waals surface area contributed by atoms with E-state index in [9.17, 15) is 0 Å². The molecule has 0 unspecified atom stereocenters. The van der Waals surface area contributed by atoms with Gasteiger partial charge in [0.1, 0.15) is 0 Å². The molecular formula is C14H16ClN5. The predicted octanol–water partition coefficient (Wildman–Crippen LogP) is 2.62. The molecule has 0 fully saturated rings. The Morgan fingerprint density at radius 1 is 1.35 bits per heavy atom. The van der Waals surface area contributed by atoms with E-state index in [1.165, 1.54) is 0 Å². The fourth-order valence-electron chi connectivity index (χ4n) is 2.46. The average molecular weight is 290 g/mol. The van der Waals surface area contributed by atoms with Crippen molar-refractivity contribution in [3.8, 4) is 0 Å². The molecule has 2 aromatic heterocycles. The van der Waals surface area contributed by atoms with Crippen molar-refractivity contribution in [3.63, 3.8) is 0 Å². The first-order valence-corrected chi connectivity index (χ1v) is 6.89. The molecule has 104 valence electrons. The summed E-state index contributed by atoms with van der Waals surface area (Å²) in [4.78, 5) is 4.37. The van der Waals surface area contributed by atoms with Crippen molar-refractivity contribution < 1.29 is 0 Å². The molecule has 20 heavy (non-hydrogen) atoms. The molecule has 0 atom stereocenters. The van der Waals surface area contributed by atoms with Crippen LogP contribution in [0.5, 0.6) is 0 Å². The molecule has 0 saturated heterocycles. The van der Waals surface area contributed by atoms with Crippen molar-refractivity contribution in [2.24, 2.45) is 7.05 Å². The summed E-state index contributed by atoms with van der Waals surface area (Å²) in [5.41, 5.74) is 10.1. The Hall–Kier alpha value is -2.01.